The third-order valence-corrected chi connectivity index (χ3v) is 5.38. The minimum absolute atomic E-state index is 0.930. The van der Waals surface area contributed by atoms with Crippen LogP contribution in [0.15, 0.2) is 50.9 Å². The summed E-state index contributed by atoms with van der Waals surface area (Å²) in [6.45, 7) is 2.87. The van der Waals surface area contributed by atoms with Crippen LogP contribution in [0.4, 0.5) is 0 Å². The summed E-state index contributed by atoms with van der Waals surface area (Å²) < 4.78 is 4.58. The Bertz CT molecular complexity index is 718. The molecule has 0 atom stereocenters. The smallest absolute Gasteiger partial charge is 0.0492 e. The fourth-order valence-electron chi connectivity index (χ4n) is 2.21. The summed E-state index contributed by atoms with van der Waals surface area (Å²) in [5.74, 6) is 0. The Kier molecular flexibility index (Phi) is 4.61. The van der Waals surface area contributed by atoms with E-state index < -0.39 is 0 Å². The molecule has 1 N–H and O–H groups in total. The first-order chi connectivity index (χ1) is 9.72. The molecule has 2 aromatic heterocycles. The molecule has 0 unspecified atom stereocenters. The highest BCUT2D eigenvalue weighted by Gasteiger charge is 2.02. The maximum Gasteiger partial charge on any atom is 0.0492 e. The van der Waals surface area contributed by atoms with Crippen molar-refractivity contribution in [3.8, 4) is 0 Å². The van der Waals surface area contributed by atoms with E-state index in [4.69, 9.17) is 0 Å². The van der Waals surface area contributed by atoms with Crippen LogP contribution in [0.2, 0.25) is 0 Å². The SMILES string of the molecule is Brc1csc(CNCCn2ccc3ccc(Br)cc32)c1. The third-order valence-electron chi connectivity index (χ3n) is 3.19. The van der Waals surface area contributed by atoms with Gasteiger partial charge in [0.2, 0.25) is 0 Å². The van der Waals surface area contributed by atoms with Crippen LogP contribution in [0, 0.1) is 0 Å². The summed E-state index contributed by atoms with van der Waals surface area (Å²) in [5, 5.41) is 6.90. The average Bonchev–Trinajstić information content (AvgIpc) is 3.01. The van der Waals surface area contributed by atoms with Crippen molar-refractivity contribution in [2.75, 3.05) is 6.54 Å². The lowest BCUT2D eigenvalue weighted by Gasteiger charge is -2.07. The number of fused-ring (bicyclic) bond motifs is 1. The normalized spacial score (nSPS) is 11.3. The molecule has 0 radical (unpaired) electrons. The van der Waals surface area contributed by atoms with E-state index in [-0.39, 0.29) is 0 Å². The van der Waals surface area contributed by atoms with Gasteiger partial charge >= 0.3 is 0 Å². The molecule has 2 nitrogen and oxygen atoms in total. The van der Waals surface area contributed by atoms with Crippen LogP contribution >= 0.6 is 43.2 Å². The molecule has 0 fully saturated rings. The molecule has 0 aliphatic rings. The van der Waals surface area contributed by atoms with E-state index >= 15 is 0 Å². The highest BCUT2D eigenvalue weighted by atomic mass is 79.9. The van der Waals surface area contributed by atoms with Gasteiger partial charge in [0.15, 0.2) is 0 Å². The maximum absolute atomic E-state index is 3.53. The minimum atomic E-state index is 0.930. The zero-order valence-electron chi connectivity index (χ0n) is 10.8. The molecule has 0 saturated heterocycles. The Balaban J connectivity index is 1.58. The summed E-state index contributed by atoms with van der Waals surface area (Å²) in [4.78, 5) is 1.36. The number of halogens is 2. The van der Waals surface area contributed by atoms with Gasteiger partial charge in [-0.3, -0.25) is 0 Å². The first kappa shape index (κ1) is 14.3. The monoisotopic (exact) mass is 412 g/mol. The number of hydrogen-bond donors (Lipinski definition) is 1. The maximum atomic E-state index is 3.53. The van der Waals surface area contributed by atoms with Gasteiger partial charge in [-0.2, -0.15) is 0 Å². The summed E-state index contributed by atoms with van der Waals surface area (Å²) in [6.07, 6.45) is 2.15. The Morgan fingerprint density at radius 1 is 1.10 bits per heavy atom. The zero-order chi connectivity index (χ0) is 13.9. The second-order valence-corrected chi connectivity index (χ2v) is 7.45. The van der Waals surface area contributed by atoms with Gasteiger partial charge in [0, 0.05) is 50.6 Å². The van der Waals surface area contributed by atoms with E-state index in [1.54, 1.807) is 11.3 Å². The van der Waals surface area contributed by atoms with Crippen molar-refractivity contribution >= 4 is 54.1 Å². The van der Waals surface area contributed by atoms with E-state index in [0.717, 1.165) is 24.1 Å². The topological polar surface area (TPSA) is 17.0 Å². The standard InChI is InChI=1S/C15H14Br2N2S/c16-12-2-1-11-3-5-19(15(11)8-12)6-4-18-9-14-7-13(17)10-20-14/h1-3,5,7-8,10,18H,4,6,9H2. The first-order valence-corrected chi connectivity index (χ1v) is 8.87. The molecule has 0 aliphatic heterocycles. The number of nitrogens with zero attached hydrogens (tertiary/aromatic N) is 1. The van der Waals surface area contributed by atoms with Crippen LogP contribution < -0.4 is 5.32 Å². The Morgan fingerprint density at radius 2 is 2.00 bits per heavy atom. The van der Waals surface area contributed by atoms with Gasteiger partial charge in [0.25, 0.3) is 0 Å². The van der Waals surface area contributed by atoms with E-state index in [9.17, 15) is 0 Å². The number of benzene rings is 1. The largest absolute Gasteiger partial charge is 0.346 e. The Morgan fingerprint density at radius 3 is 2.80 bits per heavy atom. The predicted octanol–water partition coefficient (Wildman–Crippen LogP) is 5.02. The molecule has 0 saturated carbocycles. The average molecular weight is 414 g/mol. The Hall–Kier alpha value is -0.620. The third kappa shape index (κ3) is 3.34. The summed E-state index contributed by atoms with van der Waals surface area (Å²) in [7, 11) is 0. The molecule has 5 heteroatoms. The summed E-state index contributed by atoms with van der Waals surface area (Å²) in [6, 6.07) is 10.7. The fourth-order valence-corrected chi connectivity index (χ4v) is 3.98. The highest BCUT2D eigenvalue weighted by Crippen LogP contribution is 2.21. The van der Waals surface area contributed by atoms with Crippen LogP contribution in [-0.2, 0) is 13.1 Å². The van der Waals surface area contributed by atoms with Gasteiger partial charge in [-0.1, -0.05) is 22.0 Å². The number of nitrogens with one attached hydrogen (secondary N) is 1. The molecule has 0 spiro atoms. The predicted molar refractivity (Wildman–Crippen MR) is 93.4 cm³/mol. The second kappa shape index (κ2) is 6.43. The second-order valence-electron chi connectivity index (χ2n) is 4.62. The van der Waals surface area contributed by atoms with Crippen molar-refractivity contribution in [1.29, 1.82) is 0 Å². The molecule has 3 rings (SSSR count). The lowest BCUT2D eigenvalue weighted by atomic mass is 10.2. The van der Waals surface area contributed by atoms with Crippen molar-refractivity contribution in [2.24, 2.45) is 0 Å². The van der Waals surface area contributed by atoms with Crippen LogP contribution in [0.25, 0.3) is 10.9 Å². The number of aromatic nitrogens is 1. The van der Waals surface area contributed by atoms with Crippen LogP contribution in [0.5, 0.6) is 0 Å². The molecule has 20 heavy (non-hydrogen) atoms. The first-order valence-electron chi connectivity index (χ1n) is 6.40. The zero-order valence-corrected chi connectivity index (χ0v) is 14.8. The number of thiophene rings is 1. The quantitative estimate of drug-likeness (QED) is 0.581. The molecule has 0 bridgehead atoms. The van der Waals surface area contributed by atoms with E-state index in [1.807, 2.05) is 0 Å². The summed E-state index contributed by atoms with van der Waals surface area (Å²) in [5.41, 5.74) is 1.28. The molecule has 0 aliphatic carbocycles. The molecular weight excluding hydrogens is 400 g/mol. The summed E-state index contributed by atoms with van der Waals surface area (Å²) >= 11 is 8.79. The van der Waals surface area contributed by atoms with Gasteiger partial charge < -0.3 is 9.88 Å². The number of rotatable bonds is 5. The van der Waals surface area contributed by atoms with Crippen molar-refractivity contribution in [3.05, 3.63) is 55.7 Å². The van der Waals surface area contributed by atoms with Crippen LogP contribution in [-0.4, -0.2) is 11.1 Å². The molecule has 104 valence electrons. The van der Waals surface area contributed by atoms with Crippen LogP contribution in [0.3, 0.4) is 0 Å². The molecule has 2 heterocycles. The number of hydrogen-bond acceptors (Lipinski definition) is 2. The van der Waals surface area contributed by atoms with Gasteiger partial charge in [-0.05, 0) is 45.6 Å². The Labute approximate surface area is 139 Å². The van der Waals surface area contributed by atoms with Crippen molar-refractivity contribution in [2.45, 2.75) is 13.1 Å². The highest BCUT2D eigenvalue weighted by molar-refractivity contribution is 9.10. The van der Waals surface area contributed by atoms with Crippen molar-refractivity contribution < 1.29 is 0 Å². The molecule has 3 aromatic rings. The van der Waals surface area contributed by atoms with E-state index in [1.165, 1.54) is 20.3 Å². The molecular formula is C15H14Br2N2S. The van der Waals surface area contributed by atoms with Gasteiger partial charge in [0.1, 0.15) is 0 Å². The van der Waals surface area contributed by atoms with Crippen molar-refractivity contribution in [1.82, 2.24) is 9.88 Å². The van der Waals surface area contributed by atoms with Crippen LogP contribution in [0.1, 0.15) is 4.88 Å². The van der Waals surface area contributed by atoms with Gasteiger partial charge in [-0.15, -0.1) is 11.3 Å². The minimum Gasteiger partial charge on any atom is -0.346 e. The lowest BCUT2D eigenvalue weighted by Crippen LogP contribution is -2.18. The fraction of sp³-hybridized carbons (Fsp3) is 0.200. The van der Waals surface area contributed by atoms with E-state index in [0.29, 0.717) is 0 Å². The molecule has 0 amide bonds. The lowest BCUT2D eigenvalue weighted by molar-refractivity contribution is 0.613. The van der Waals surface area contributed by atoms with E-state index in [2.05, 4.69) is 83.7 Å². The van der Waals surface area contributed by atoms with Gasteiger partial charge in [0.05, 0.1) is 0 Å². The van der Waals surface area contributed by atoms with Gasteiger partial charge in [-0.25, -0.2) is 0 Å². The molecule has 1 aromatic carbocycles. The van der Waals surface area contributed by atoms with Crippen molar-refractivity contribution in [3.63, 3.8) is 0 Å².